The van der Waals surface area contributed by atoms with Crippen LogP contribution >= 0.6 is 0 Å². The fraction of sp³-hybridized carbons (Fsp3) is 0. The second kappa shape index (κ2) is 8.73. The summed E-state index contributed by atoms with van der Waals surface area (Å²) < 4.78 is 4.67. The highest BCUT2D eigenvalue weighted by molar-refractivity contribution is 6.14. The summed E-state index contributed by atoms with van der Waals surface area (Å²) in [6, 6.07) is 49.1. The Morgan fingerprint density at radius 2 is 0.975 bits per heavy atom. The summed E-state index contributed by atoms with van der Waals surface area (Å²) in [5, 5.41) is 4.91. The fourth-order valence-electron chi connectivity index (χ4n) is 6.23. The third-order valence-corrected chi connectivity index (χ3v) is 7.91. The van der Waals surface area contributed by atoms with Gasteiger partial charge in [-0.2, -0.15) is 0 Å². The van der Waals surface area contributed by atoms with Crippen molar-refractivity contribution in [2.24, 2.45) is 0 Å². The molecule has 0 radical (unpaired) electrons. The average molecular weight is 510 g/mol. The van der Waals surface area contributed by atoms with Crippen LogP contribution in [0.25, 0.3) is 71.0 Å². The van der Waals surface area contributed by atoms with Gasteiger partial charge in [0.25, 0.3) is 0 Å². The minimum absolute atomic E-state index is 0.634. The maximum absolute atomic E-state index is 7.59. The van der Waals surface area contributed by atoms with Crippen LogP contribution in [0.1, 0.15) is 0 Å². The molecule has 0 N–H and O–H groups in total. The Hall–Kier alpha value is -5.59. The molecule has 0 aliphatic carbocycles. The molecule has 8 rings (SSSR count). The highest BCUT2D eigenvalue weighted by Gasteiger charge is 2.17. The molecule has 2 heterocycles. The highest BCUT2D eigenvalue weighted by atomic mass is 15.0. The van der Waals surface area contributed by atoms with Gasteiger partial charge in [-0.3, -0.25) is 0 Å². The molecule has 0 amide bonds. The van der Waals surface area contributed by atoms with Crippen LogP contribution in [0.4, 0.5) is 5.69 Å². The van der Waals surface area contributed by atoms with Gasteiger partial charge >= 0.3 is 0 Å². The molecule has 0 unspecified atom stereocenters. The lowest BCUT2D eigenvalue weighted by atomic mass is 10.0. The summed E-state index contributed by atoms with van der Waals surface area (Å²) in [7, 11) is 0. The number of hydrogen-bond acceptors (Lipinski definition) is 0. The first kappa shape index (κ1) is 22.4. The van der Waals surface area contributed by atoms with Crippen molar-refractivity contribution in [2.75, 3.05) is 0 Å². The Labute approximate surface area is 231 Å². The molecule has 3 nitrogen and oxygen atoms in total. The van der Waals surface area contributed by atoms with Gasteiger partial charge in [0.2, 0.25) is 0 Å². The molecule has 0 atom stereocenters. The summed E-state index contributed by atoms with van der Waals surface area (Å²) >= 11 is 0. The Morgan fingerprint density at radius 1 is 0.450 bits per heavy atom. The number of para-hydroxylation sites is 4. The Bertz CT molecular complexity index is 2240. The Kier molecular flexibility index (Phi) is 4.89. The van der Waals surface area contributed by atoms with E-state index in [1.54, 1.807) is 0 Å². The topological polar surface area (TPSA) is 14.2 Å². The van der Waals surface area contributed by atoms with E-state index >= 15 is 0 Å². The van der Waals surface area contributed by atoms with Crippen molar-refractivity contribution in [1.29, 1.82) is 0 Å². The molecule has 6 aromatic carbocycles. The van der Waals surface area contributed by atoms with Gasteiger partial charge in [-0.25, -0.2) is 4.85 Å². The minimum Gasteiger partial charge on any atom is -0.310 e. The maximum Gasteiger partial charge on any atom is 0.189 e. The first-order valence-corrected chi connectivity index (χ1v) is 13.4. The van der Waals surface area contributed by atoms with Gasteiger partial charge < -0.3 is 9.13 Å². The van der Waals surface area contributed by atoms with Crippen molar-refractivity contribution in [3.8, 4) is 22.5 Å². The molecule has 0 fully saturated rings. The molecular weight excluding hydrogens is 486 g/mol. The van der Waals surface area contributed by atoms with Crippen LogP contribution in [-0.4, -0.2) is 9.13 Å². The summed E-state index contributed by atoms with van der Waals surface area (Å²) in [5.74, 6) is 0. The van der Waals surface area contributed by atoms with Gasteiger partial charge in [0, 0.05) is 38.5 Å². The smallest absolute Gasteiger partial charge is 0.189 e. The first-order valence-electron chi connectivity index (χ1n) is 13.4. The second-order valence-corrected chi connectivity index (χ2v) is 10.1. The molecule has 2 aromatic heterocycles. The van der Waals surface area contributed by atoms with Crippen molar-refractivity contribution >= 4 is 49.3 Å². The first-order chi connectivity index (χ1) is 19.8. The van der Waals surface area contributed by atoms with E-state index in [0.717, 1.165) is 33.5 Å². The quantitative estimate of drug-likeness (QED) is 0.210. The molecule has 40 heavy (non-hydrogen) atoms. The largest absolute Gasteiger partial charge is 0.310 e. The number of hydrogen-bond donors (Lipinski definition) is 0. The van der Waals surface area contributed by atoms with Crippen molar-refractivity contribution < 1.29 is 0 Å². The predicted octanol–water partition coefficient (Wildman–Crippen LogP) is 10.1. The third-order valence-electron chi connectivity index (χ3n) is 7.91. The lowest BCUT2D eigenvalue weighted by molar-refractivity contribution is 1.17. The van der Waals surface area contributed by atoms with Gasteiger partial charge in [-0.15, -0.1) is 0 Å². The summed E-state index contributed by atoms with van der Waals surface area (Å²) in [5.41, 5.74) is 9.73. The van der Waals surface area contributed by atoms with E-state index < -0.39 is 0 Å². The van der Waals surface area contributed by atoms with Crippen LogP contribution in [0, 0.1) is 6.57 Å². The van der Waals surface area contributed by atoms with E-state index in [1.165, 1.54) is 32.6 Å². The second-order valence-electron chi connectivity index (χ2n) is 10.1. The van der Waals surface area contributed by atoms with Gasteiger partial charge in [0.1, 0.15) is 0 Å². The van der Waals surface area contributed by atoms with Gasteiger partial charge in [-0.1, -0.05) is 97.1 Å². The molecule has 0 saturated carbocycles. The summed E-state index contributed by atoms with van der Waals surface area (Å²) in [6.07, 6.45) is 0. The van der Waals surface area contributed by atoms with E-state index in [9.17, 15) is 0 Å². The average Bonchev–Trinajstić information content (AvgIpc) is 3.54. The lowest BCUT2D eigenvalue weighted by Gasteiger charge is -2.14. The van der Waals surface area contributed by atoms with Crippen LogP contribution in [0.2, 0.25) is 0 Å². The number of benzene rings is 6. The number of nitrogens with zero attached hydrogens (tertiary/aromatic N) is 3. The molecular formula is C37H23N3. The van der Waals surface area contributed by atoms with E-state index in [-0.39, 0.29) is 0 Å². The van der Waals surface area contributed by atoms with Crippen molar-refractivity contribution in [3.05, 3.63) is 151 Å². The van der Waals surface area contributed by atoms with Crippen LogP contribution in [0.5, 0.6) is 0 Å². The zero-order valence-corrected chi connectivity index (χ0v) is 21.6. The van der Waals surface area contributed by atoms with Crippen LogP contribution in [-0.2, 0) is 0 Å². The van der Waals surface area contributed by atoms with Crippen LogP contribution in [0.15, 0.2) is 140 Å². The van der Waals surface area contributed by atoms with Crippen molar-refractivity contribution in [1.82, 2.24) is 9.13 Å². The number of fused-ring (bicyclic) bond motifs is 6. The van der Waals surface area contributed by atoms with Crippen LogP contribution < -0.4 is 0 Å². The predicted molar refractivity (Wildman–Crippen MR) is 167 cm³/mol. The zero-order valence-electron chi connectivity index (χ0n) is 21.6. The van der Waals surface area contributed by atoms with E-state index in [1.807, 2.05) is 18.2 Å². The monoisotopic (exact) mass is 509 g/mol. The molecule has 0 saturated heterocycles. The molecule has 0 bridgehead atoms. The van der Waals surface area contributed by atoms with E-state index in [0.29, 0.717) is 5.69 Å². The SMILES string of the molecule is [C-]#[N+]c1cccc(-n2c3ccccc3c3cccc(-c4cccc(-n5c6ccccc6c6ccccc65)c4)c32)c1. The molecule has 0 aliphatic rings. The molecule has 8 aromatic rings. The third kappa shape index (κ3) is 3.24. The molecule has 0 spiro atoms. The number of aromatic nitrogens is 2. The Balaban J connectivity index is 1.43. The Morgan fingerprint density at radius 3 is 1.65 bits per heavy atom. The zero-order chi connectivity index (χ0) is 26.6. The molecule has 3 heteroatoms. The van der Waals surface area contributed by atoms with E-state index in [4.69, 9.17) is 6.57 Å². The lowest BCUT2D eigenvalue weighted by Crippen LogP contribution is -1.97. The number of rotatable bonds is 3. The van der Waals surface area contributed by atoms with Crippen LogP contribution in [0.3, 0.4) is 0 Å². The fourth-order valence-corrected chi connectivity index (χ4v) is 6.23. The van der Waals surface area contributed by atoms with Gasteiger partial charge in [0.05, 0.1) is 28.6 Å². The van der Waals surface area contributed by atoms with Gasteiger partial charge in [-0.05, 0) is 48.0 Å². The molecule has 0 aliphatic heterocycles. The maximum atomic E-state index is 7.59. The summed E-state index contributed by atoms with van der Waals surface area (Å²) in [4.78, 5) is 3.71. The highest BCUT2D eigenvalue weighted by Crippen LogP contribution is 2.40. The van der Waals surface area contributed by atoms with Crippen molar-refractivity contribution in [2.45, 2.75) is 0 Å². The summed E-state index contributed by atoms with van der Waals surface area (Å²) in [6.45, 7) is 7.59. The van der Waals surface area contributed by atoms with E-state index in [2.05, 4.69) is 135 Å². The minimum atomic E-state index is 0.634. The standard InChI is InChI=1S/C37H23N3/c1-38-26-12-9-14-28(24-26)40-36-22-7-4-17-32(36)33-19-10-18-29(37(33)40)25-11-8-13-27(23-25)39-34-20-5-2-15-30(34)31-16-3-6-21-35(31)39/h2-24H. The molecule has 186 valence electrons. The van der Waals surface area contributed by atoms with Crippen molar-refractivity contribution in [3.63, 3.8) is 0 Å². The normalized spacial score (nSPS) is 11.5. The van der Waals surface area contributed by atoms with Gasteiger partial charge in [0.15, 0.2) is 5.69 Å².